The molecule has 124 valence electrons. The molecule has 1 aromatic rings. The molecule has 22 heavy (non-hydrogen) atoms. The number of piperidine rings is 1. The molecule has 0 aliphatic carbocycles. The number of hydrogen-bond acceptors (Lipinski definition) is 4. The Balaban J connectivity index is 2.06. The van der Waals surface area contributed by atoms with Crippen LogP contribution >= 0.6 is 11.6 Å². The monoisotopic (exact) mass is 346 g/mol. The maximum Gasteiger partial charge on any atom is 0.244 e. The van der Waals surface area contributed by atoms with Crippen molar-refractivity contribution in [3.8, 4) is 5.75 Å². The van der Waals surface area contributed by atoms with Gasteiger partial charge in [0.05, 0.1) is 7.11 Å². The molecule has 0 radical (unpaired) electrons. The maximum atomic E-state index is 12.5. The van der Waals surface area contributed by atoms with Gasteiger partial charge in [-0.25, -0.2) is 13.1 Å². The van der Waals surface area contributed by atoms with Crippen LogP contribution in [0.5, 0.6) is 5.75 Å². The highest BCUT2D eigenvalue weighted by atomic mass is 35.5. The first-order valence-corrected chi connectivity index (χ1v) is 9.37. The van der Waals surface area contributed by atoms with Crippen molar-refractivity contribution in [2.24, 2.45) is 0 Å². The molecule has 5 nitrogen and oxygen atoms in total. The van der Waals surface area contributed by atoms with Gasteiger partial charge in [-0.3, -0.25) is 4.90 Å². The van der Waals surface area contributed by atoms with Crippen LogP contribution in [0.25, 0.3) is 0 Å². The quantitative estimate of drug-likeness (QED) is 0.859. The van der Waals surface area contributed by atoms with E-state index in [2.05, 4.69) is 9.62 Å². The van der Waals surface area contributed by atoms with E-state index in [1.54, 1.807) is 12.1 Å². The molecule has 1 aliphatic heterocycles. The molecule has 0 spiro atoms. The lowest BCUT2D eigenvalue weighted by Gasteiger charge is -2.32. The largest absolute Gasteiger partial charge is 0.495 e. The van der Waals surface area contributed by atoms with Crippen molar-refractivity contribution < 1.29 is 13.2 Å². The summed E-state index contributed by atoms with van der Waals surface area (Å²) in [4.78, 5) is 2.40. The number of hydrogen-bond donors (Lipinski definition) is 1. The standard InChI is InChI=1S/C15H23ClN2O3S/c1-12(18-8-4-3-5-9-18)11-17-22(19,20)15-10-13(16)6-7-14(15)21-2/h6-7,10,12,17H,3-5,8-9,11H2,1-2H3. The van der Waals surface area contributed by atoms with Crippen molar-refractivity contribution in [1.29, 1.82) is 0 Å². The van der Waals surface area contributed by atoms with Crippen LogP contribution in [0.1, 0.15) is 26.2 Å². The maximum absolute atomic E-state index is 12.5. The number of likely N-dealkylation sites (tertiary alicyclic amines) is 1. The predicted molar refractivity (Wildman–Crippen MR) is 88.1 cm³/mol. The Morgan fingerprint density at radius 2 is 2.00 bits per heavy atom. The lowest BCUT2D eigenvalue weighted by Crippen LogP contribution is -2.44. The number of nitrogens with one attached hydrogen (secondary N) is 1. The fraction of sp³-hybridized carbons (Fsp3) is 0.600. The first-order chi connectivity index (χ1) is 10.4. The highest BCUT2D eigenvalue weighted by Gasteiger charge is 2.23. The Hall–Kier alpha value is -0.820. The molecule has 0 saturated carbocycles. The molecule has 1 atom stereocenters. The molecule has 0 bridgehead atoms. The number of benzene rings is 1. The smallest absolute Gasteiger partial charge is 0.244 e. The molecular weight excluding hydrogens is 324 g/mol. The van der Waals surface area contributed by atoms with Gasteiger partial charge in [0, 0.05) is 17.6 Å². The molecule has 1 fully saturated rings. The van der Waals surface area contributed by atoms with Gasteiger partial charge in [-0.05, 0) is 51.1 Å². The van der Waals surface area contributed by atoms with Gasteiger partial charge in [-0.15, -0.1) is 0 Å². The van der Waals surface area contributed by atoms with Crippen molar-refractivity contribution >= 4 is 21.6 Å². The lowest BCUT2D eigenvalue weighted by molar-refractivity contribution is 0.175. The fourth-order valence-electron chi connectivity index (χ4n) is 2.66. The minimum absolute atomic E-state index is 0.0772. The Kier molecular flexibility index (Phi) is 6.09. The molecule has 1 heterocycles. The zero-order valence-corrected chi connectivity index (χ0v) is 14.6. The van der Waals surface area contributed by atoms with Gasteiger partial charge < -0.3 is 4.74 Å². The summed E-state index contributed by atoms with van der Waals surface area (Å²) in [7, 11) is -2.20. The summed E-state index contributed by atoms with van der Waals surface area (Å²) in [5.41, 5.74) is 0. The van der Waals surface area contributed by atoms with E-state index in [1.165, 1.54) is 32.4 Å². The van der Waals surface area contributed by atoms with Crippen molar-refractivity contribution in [2.45, 2.75) is 37.1 Å². The fourth-order valence-corrected chi connectivity index (χ4v) is 4.21. The van der Waals surface area contributed by atoms with Crippen molar-refractivity contribution in [1.82, 2.24) is 9.62 Å². The average Bonchev–Trinajstić information content (AvgIpc) is 2.53. The van der Waals surface area contributed by atoms with E-state index in [9.17, 15) is 8.42 Å². The van der Waals surface area contributed by atoms with Crippen LogP contribution < -0.4 is 9.46 Å². The summed E-state index contributed by atoms with van der Waals surface area (Å²) in [6.45, 7) is 4.48. The second kappa shape index (κ2) is 7.64. The van der Waals surface area contributed by atoms with Crippen molar-refractivity contribution in [3.63, 3.8) is 0 Å². The highest BCUT2D eigenvalue weighted by molar-refractivity contribution is 7.89. The summed E-state index contributed by atoms with van der Waals surface area (Å²) in [5.74, 6) is 0.294. The molecule has 0 amide bonds. The van der Waals surface area contributed by atoms with Gasteiger partial charge in [0.15, 0.2) is 0 Å². The molecule has 1 N–H and O–H groups in total. The van der Waals surface area contributed by atoms with Crippen LogP contribution in [-0.2, 0) is 10.0 Å². The van der Waals surface area contributed by atoms with Gasteiger partial charge in [0.2, 0.25) is 10.0 Å². The Bertz CT molecular complexity index is 601. The van der Waals surface area contributed by atoms with E-state index < -0.39 is 10.0 Å². The highest BCUT2D eigenvalue weighted by Crippen LogP contribution is 2.26. The normalized spacial score (nSPS) is 18.1. The number of nitrogens with zero attached hydrogens (tertiary/aromatic N) is 1. The second-order valence-corrected chi connectivity index (χ2v) is 7.76. The Labute approximate surface area is 137 Å². The molecule has 1 unspecified atom stereocenters. The second-order valence-electron chi connectivity index (χ2n) is 5.59. The van der Waals surface area contributed by atoms with Gasteiger partial charge in [0.25, 0.3) is 0 Å². The van der Waals surface area contributed by atoms with E-state index in [4.69, 9.17) is 16.3 Å². The average molecular weight is 347 g/mol. The first kappa shape index (κ1) is 17.5. The van der Waals surface area contributed by atoms with E-state index in [1.807, 2.05) is 6.92 Å². The molecule has 1 aromatic carbocycles. The summed E-state index contributed by atoms with van der Waals surface area (Å²) < 4.78 is 32.8. The molecule has 7 heteroatoms. The van der Waals surface area contributed by atoms with E-state index in [-0.39, 0.29) is 10.9 Å². The summed E-state index contributed by atoms with van der Waals surface area (Å²) in [6.07, 6.45) is 3.62. The third-order valence-corrected chi connectivity index (χ3v) is 5.68. The SMILES string of the molecule is COc1ccc(Cl)cc1S(=O)(=O)NCC(C)N1CCCCC1. The summed E-state index contributed by atoms with van der Waals surface area (Å²) >= 11 is 5.91. The molecule has 1 aliphatic rings. The van der Waals surface area contributed by atoms with Crippen LogP contribution in [0.15, 0.2) is 23.1 Å². The van der Waals surface area contributed by atoms with Crippen LogP contribution in [0.2, 0.25) is 5.02 Å². The minimum atomic E-state index is -3.65. The zero-order chi connectivity index (χ0) is 16.2. The first-order valence-electron chi connectivity index (χ1n) is 7.51. The molecule has 1 saturated heterocycles. The van der Waals surface area contributed by atoms with Crippen molar-refractivity contribution in [3.05, 3.63) is 23.2 Å². The van der Waals surface area contributed by atoms with Crippen LogP contribution in [0.3, 0.4) is 0 Å². The van der Waals surface area contributed by atoms with Crippen LogP contribution in [0, 0.1) is 0 Å². The third kappa shape index (κ3) is 4.35. The van der Waals surface area contributed by atoms with Crippen LogP contribution in [-0.4, -0.2) is 46.1 Å². The molecular formula is C15H23ClN2O3S. The van der Waals surface area contributed by atoms with Gasteiger partial charge >= 0.3 is 0 Å². The Morgan fingerprint density at radius 3 is 2.64 bits per heavy atom. The van der Waals surface area contributed by atoms with Gasteiger partial charge in [-0.1, -0.05) is 18.0 Å². The number of sulfonamides is 1. The van der Waals surface area contributed by atoms with E-state index >= 15 is 0 Å². The summed E-state index contributed by atoms with van der Waals surface area (Å²) in [6, 6.07) is 4.75. The van der Waals surface area contributed by atoms with E-state index in [0.29, 0.717) is 17.3 Å². The number of halogens is 1. The topological polar surface area (TPSA) is 58.6 Å². The predicted octanol–water partition coefficient (Wildman–Crippen LogP) is 2.50. The lowest BCUT2D eigenvalue weighted by atomic mass is 10.1. The third-order valence-electron chi connectivity index (χ3n) is 4.00. The zero-order valence-electron chi connectivity index (χ0n) is 13.0. The Morgan fingerprint density at radius 1 is 1.32 bits per heavy atom. The van der Waals surface area contributed by atoms with Gasteiger partial charge in [-0.2, -0.15) is 0 Å². The van der Waals surface area contributed by atoms with Gasteiger partial charge in [0.1, 0.15) is 10.6 Å². The molecule has 0 aromatic heterocycles. The number of ether oxygens (including phenoxy) is 1. The van der Waals surface area contributed by atoms with Crippen molar-refractivity contribution in [2.75, 3.05) is 26.7 Å². The number of methoxy groups -OCH3 is 1. The van der Waals surface area contributed by atoms with Crippen LogP contribution in [0.4, 0.5) is 0 Å². The number of rotatable bonds is 6. The minimum Gasteiger partial charge on any atom is -0.495 e. The summed E-state index contributed by atoms with van der Waals surface area (Å²) in [5, 5.41) is 0.366. The molecule has 2 rings (SSSR count). The van der Waals surface area contributed by atoms with E-state index in [0.717, 1.165) is 13.1 Å².